The highest BCUT2D eigenvalue weighted by Gasteiger charge is 2.22. The van der Waals surface area contributed by atoms with Gasteiger partial charge in [-0.25, -0.2) is 0 Å². The van der Waals surface area contributed by atoms with Gasteiger partial charge in [-0.15, -0.1) is 5.10 Å². The molecule has 0 spiro atoms. The van der Waals surface area contributed by atoms with E-state index in [9.17, 15) is 4.79 Å². The number of quaternary nitrogens is 1. The van der Waals surface area contributed by atoms with E-state index in [1.54, 1.807) is 4.57 Å². The van der Waals surface area contributed by atoms with Crippen LogP contribution >= 0.6 is 12.2 Å². The quantitative estimate of drug-likeness (QED) is 0.505. The summed E-state index contributed by atoms with van der Waals surface area (Å²) in [6, 6.07) is 16.4. The molecule has 1 aliphatic heterocycles. The van der Waals surface area contributed by atoms with Gasteiger partial charge in [0.25, 0.3) is 5.56 Å². The molecule has 2 aromatic carbocycles. The van der Waals surface area contributed by atoms with Crippen molar-refractivity contribution in [3.05, 3.63) is 74.8 Å². The Hall–Kier alpha value is -2.77. The Morgan fingerprint density at radius 3 is 2.70 bits per heavy atom. The number of aryl methyl sites for hydroxylation is 1. The maximum absolute atomic E-state index is 13.2. The van der Waals surface area contributed by atoms with Gasteiger partial charge in [-0.3, -0.25) is 13.8 Å². The second kappa shape index (κ2) is 7.81. The third-order valence-corrected chi connectivity index (χ3v) is 6.49. The number of rotatable bonds is 5. The van der Waals surface area contributed by atoms with E-state index in [0.29, 0.717) is 29.1 Å². The maximum Gasteiger partial charge on any atom is 0.262 e. The number of fused-ring (bicyclic) bond motifs is 4. The number of nitrogens with zero attached hydrogens (tertiary/aromatic N) is 4. The molecule has 1 atom stereocenters. The molecule has 154 valence electrons. The molecule has 4 aromatic rings. The summed E-state index contributed by atoms with van der Waals surface area (Å²) in [4.78, 5) is 14.6. The van der Waals surface area contributed by atoms with Crippen LogP contribution in [0.15, 0.2) is 53.3 Å². The van der Waals surface area contributed by atoms with Crippen molar-refractivity contribution in [1.29, 1.82) is 0 Å². The van der Waals surface area contributed by atoms with E-state index < -0.39 is 0 Å². The topological polar surface area (TPSA) is 48.7 Å². The van der Waals surface area contributed by atoms with Crippen LogP contribution in [0.4, 0.5) is 0 Å². The van der Waals surface area contributed by atoms with Crippen LogP contribution in [0.2, 0.25) is 0 Å². The number of hydrogen-bond acceptors (Lipinski definition) is 3. The number of para-hydroxylation sites is 1. The monoisotopic (exact) mass is 420 g/mol. The van der Waals surface area contributed by atoms with Crippen LogP contribution in [0, 0.1) is 4.77 Å². The van der Waals surface area contributed by atoms with Crippen molar-refractivity contribution in [1.82, 2.24) is 18.7 Å². The molecule has 1 unspecified atom stereocenters. The second-order valence-electron chi connectivity index (χ2n) is 8.10. The van der Waals surface area contributed by atoms with Crippen molar-refractivity contribution >= 4 is 28.9 Å². The average Bonchev–Trinajstić information content (AvgIpc) is 3.09. The van der Waals surface area contributed by atoms with Crippen LogP contribution in [0.3, 0.4) is 0 Å². The van der Waals surface area contributed by atoms with E-state index >= 15 is 0 Å². The van der Waals surface area contributed by atoms with Crippen LogP contribution in [-0.4, -0.2) is 25.3 Å². The highest BCUT2D eigenvalue weighted by molar-refractivity contribution is 7.71. The molecule has 5 rings (SSSR count). The molecular weight excluding hydrogens is 394 g/mol. The minimum Gasteiger partial charge on any atom is -0.312 e. The van der Waals surface area contributed by atoms with Crippen LogP contribution in [0.1, 0.15) is 30.9 Å². The molecule has 7 heteroatoms. The van der Waals surface area contributed by atoms with Gasteiger partial charge in [-0.05, 0) is 36.3 Å². The predicted octanol–water partition coefficient (Wildman–Crippen LogP) is 2.58. The fourth-order valence-electron chi connectivity index (χ4n) is 4.48. The summed E-state index contributed by atoms with van der Waals surface area (Å²) < 4.78 is 6.32. The zero-order valence-corrected chi connectivity index (χ0v) is 18.0. The third-order valence-electron chi connectivity index (χ3n) is 6.10. The molecule has 6 nitrogen and oxygen atoms in total. The van der Waals surface area contributed by atoms with Crippen LogP contribution in [-0.2, 0) is 26.2 Å². The Morgan fingerprint density at radius 1 is 1.10 bits per heavy atom. The van der Waals surface area contributed by atoms with E-state index in [-0.39, 0.29) is 5.56 Å². The van der Waals surface area contributed by atoms with E-state index in [4.69, 9.17) is 17.3 Å². The largest absolute Gasteiger partial charge is 0.312 e. The number of unbranched alkanes of at least 4 members (excludes halogenated alkanes) is 1. The fraction of sp³-hybridized carbons (Fsp3) is 0.348. The first-order chi connectivity index (χ1) is 14.7. The number of hydrogen-bond donors (Lipinski definition) is 1. The Bertz CT molecular complexity index is 1350. The van der Waals surface area contributed by atoms with Gasteiger partial charge in [0.15, 0.2) is 6.67 Å². The fourth-order valence-corrected chi connectivity index (χ4v) is 4.76. The molecule has 1 aliphatic rings. The van der Waals surface area contributed by atoms with Crippen molar-refractivity contribution in [3.63, 3.8) is 0 Å². The number of nitrogens with one attached hydrogen (secondary N) is 1. The summed E-state index contributed by atoms with van der Waals surface area (Å²) in [5, 5.41) is 5.53. The Balaban J connectivity index is 1.61. The van der Waals surface area contributed by atoms with Crippen molar-refractivity contribution in [2.45, 2.75) is 45.9 Å². The van der Waals surface area contributed by atoms with Crippen molar-refractivity contribution in [2.75, 3.05) is 6.54 Å². The number of benzene rings is 2. The van der Waals surface area contributed by atoms with E-state index in [2.05, 4.69) is 31.2 Å². The van der Waals surface area contributed by atoms with Gasteiger partial charge in [0.2, 0.25) is 10.5 Å². The zero-order valence-electron chi connectivity index (χ0n) is 17.2. The standard InChI is InChI=1S/C23H25N5OS/c1-2-3-13-26-21(29)19-10-6-7-11-20(19)28-22(26)24-27(23(28)30)16-25-14-12-17-8-4-5-9-18(17)15-25/h4-11H,2-3,12-16H2,1H3/p+1. The van der Waals surface area contributed by atoms with Crippen LogP contribution < -0.4 is 10.5 Å². The molecule has 0 bridgehead atoms. The molecule has 0 amide bonds. The number of aromatic nitrogens is 4. The van der Waals surface area contributed by atoms with Gasteiger partial charge in [0, 0.05) is 18.5 Å². The van der Waals surface area contributed by atoms with Crippen molar-refractivity contribution in [2.24, 2.45) is 0 Å². The Morgan fingerprint density at radius 2 is 1.87 bits per heavy atom. The minimum atomic E-state index is 0.0120. The SMILES string of the molecule is CCCCn1c(=O)c2ccccc2n2c(=S)n(C[NH+]3CCc4ccccc4C3)nc12. The molecule has 30 heavy (non-hydrogen) atoms. The van der Waals surface area contributed by atoms with Gasteiger partial charge in [-0.2, -0.15) is 4.68 Å². The third kappa shape index (κ3) is 3.18. The van der Waals surface area contributed by atoms with Crippen LogP contribution in [0.25, 0.3) is 16.7 Å². The second-order valence-corrected chi connectivity index (χ2v) is 8.46. The van der Waals surface area contributed by atoms with Gasteiger partial charge in [0.1, 0.15) is 6.54 Å². The lowest BCUT2D eigenvalue weighted by atomic mass is 10.0. The summed E-state index contributed by atoms with van der Waals surface area (Å²) in [6.07, 6.45) is 3.02. The van der Waals surface area contributed by atoms with Gasteiger partial charge in [-0.1, -0.05) is 49.7 Å². The molecule has 0 aliphatic carbocycles. The predicted molar refractivity (Wildman–Crippen MR) is 120 cm³/mol. The molecule has 2 aromatic heterocycles. The van der Waals surface area contributed by atoms with Gasteiger partial charge in [0.05, 0.1) is 17.4 Å². The summed E-state index contributed by atoms with van der Waals surface area (Å²) in [6.45, 7) is 5.50. The molecule has 0 fully saturated rings. The lowest BCUT2D eigenvalue weighted by molar-refractivity contribution is -0.939. The molecule has 0 radical (unpaired) electrons. The van der Waals surface area contributed by atoms with E-state index in [1.807, 2.05) is 33.3 Å². The highest BCUT2D eigenvalue weighted by Crippen LogP contribution is 2.15. The molecular formula is C23H26N5OS+. The average molecular weight is 421 g/mol. The molecule has 1 N–H and O–H groups in total. The van der Waals surface area contributed by atoms with E-state index in [0.717, 1.165) is 37.9 Å². The first-order valence-electron chi connectivity index (χ1n) is 10.7. The van der Waals surface area contributed by atoms with Crippen LogP contribution in [0.5, 0.6) is 0 Å². The summed E-state index contributed by atoms with van der Waals surface area (Å²) in [7, 11) is 0. The molecule has 3 heterocycles. The van der Waals surface area contributed by atoms with Gasteiger partial charge < -0.3 is 4.90 Å². The highest BCUT2D eigenvalue weighted by atomic mass is 32.1. The summed E-state index contributed by atoms with van der Waals surface area (Å²) >= 11 is 5.85. The van der Waals surface area contributed by atoms with Crippen molar-refractivity contribution < 1.29 is 4.90 Å². The molecule has 0 saturated heterocycles. The Kier molecular flexibility index (Phi) is 5.00. The normalized spacial score (nSPS) is 16.2. The Labute approximate surface area is 180 Å². The summed E-state index contributed by atoms with van der Waals surface area (Å²) in [5.41, 5.74) is 3.69. The van der Waals surface area contributed by atoms with E-state index in [1.165, 1.54) is 16.0 Å². The van der Waals surface area contributed by atoms with Crippen molar-refractivity contribution in [3.8, 4) is 0 Å². The minimum absolute atomic E-state index is 0.0120. The lowest BCUT2D eigenvalue weighted by Gasteiger charge is -2.25. The smallest absolute Gasteiger partial charge is 0.262 e. The molecule has 0 saturated carbocycles. The zero-order chi connectivity index (χ0) is 20.7. The van der Waals surface area contributed by atoms with Gasteiger partial charge >= 0.3 is 0 Å². The first kappa shape index (κ1) is 19.2. The maximum atomic E-state index is 13.2. The lowest BCUT2D eigenvalue weighted by Crippen LogP contribution is -3.11. The first-order valence-corrected chi connectivity index (χ1v) is 11.1. The summed E-state index contributed by atoms with van der Waals surface area (Å²) in [5.74, 6) is 0.647.